The van der Waals surface area contributed by atoms with Gasteiger partial charge in [-0.25, -0.2) is 4.98 Å². The molecule has 1 aromatic heterocycles. The molecule has 0 aromatic carbocycles. The molecule has 0 amide bonds. The summed E-state index contributed by atoms with van der Waals surface area (Å²) in [5, 5.41) is 5.08. The molecule has 21 heavy (non-hydrogen) atoms. The standard InChI is InChI=1S/C17H28N2OS/c1-12-6-8-13(9-7-12)16(18-10-11-20-2)17-19-14-4-3-5-15(14)21-17/h12-13,16,18H,3-11H2,1-2H3. The fraction of sp³-hybridized carbons (Fsp3) is 0.824. The van der Waals surface area contributed by atoms with Crippen molar-refractivity contribution in [3.63, 3.8) is 0 Å². The topological polar surface area (TPSA) is 34.1 Å². The van der Waals surface area contributed by atoms with E-state index in [0.717, 1.165) is 25.0 Å². The Kier molecular flexibility index (Phi) is 5.30. The van der Waals surface area contributed by atoms with E-state index in [4.69, 9.17) is 9.72 Å². The Labute approximate surface area is 132 Å². The minimum absolute atomic E-state index is 0.447. The molecule has 1 heterocycles. The zero-order valence-corrected chi connectivity index (χ0v) is 14.2. The van der Waals surface area contributed by atoms with Gasteiger partial charge in [0.2, 0.25) is 0 Å². The summed E-state index contributed by atoms with van der Waals surface area (Å²) in [6.07, 6.45) is 9.18. The molecule has 1 fully saturated rings. The number of hydrogen-bond donors (Lipinski definition) is 1. The Morgan fingerprint density at radius 1 is 1.29 bits per heavy atom. The Hall–Kier alpha value is -0.450. The van der Waals surface area contributed by atoms with E-state index in [9.17, 15) is 0 Å². The number of hydrogen-bond acceptors (Lipinski definition) is 4. The van der Waals surface area contributed by atoms with Crippen LogP contribution >= 0.6 is 11.3 Å². The summed E-state index contributed by atoms with van der Waals surface area (Å²) in [7, 11) is 1.77. The number of rotatable bonds is 6. The number of nitrogens with one attached hydrogen (secondary N) is 1. The molecular weight excluding hydrogens is 280 g/mol. The van der Waals surface area contributed by atoms with Gasteiger partial charge in [0.1, 0.15) is 5.01 Å². The van der Waals surface area contributed by atoms with Crippen molar-refractivity contribution in [3.05, 3.63) is 15.6 Å². The number of nitrogens with zero attached hydrogens (tertiary/aromatic N) is 1. The summed E-state index contributed by atoms with van der Waals surface area (Å²) >= 11 is 1.97. The van der Waals surface area contributed by atoms with E-state index in [1.54, 1.807) is 12.0 Å². The Morgan fingerprint density at radius 2 is 2.10 bits per heavy atom. The molecule has 3 nitrogen and oxygen atoms in total. The van der Waals surface area contributed by atoms with Gasteiger partial charge in [-0.15, -0.1) is 11.3 Å². The number of methoxy groups -OCH3 is 1. The van der Waals surface area contributed by atoms with Crippen LogP contribution < -0.4 is 5.32 Å². The van der Waals surface area contributed by atoms with Gasteiger partial charge in [-0.3, -0.25) is 0 Å². The van der Waals surface area contributed by atoms with Crippen molar-refractivity contribution < 1.29 is 4.74 Å². The molecule has 2 aliphatic rings. The molecule has 1 N–H and O–H groups in total. The highest BCUT2D eigenvalue weighted by Crippen LogP contribution is 2.39. The number of aryl methyl sites for hydroxylation is 2. The molecular formula is C17H28N2OS. The zero-order valence-electron chi connectivity index (χ0n) is 13.4. The SMILES string of the molecule is COCCNC(c1nc2c(s1)CCC2)C1CCC(C)CC1. The second-order valence-corrected chi connectivity index (χ2v) is 7.84. The predicted octanol–water partition coefficient (Wildman–Crippen LogP) is 3.74. The van der Waals surface area contributed by atoms with Crippen LogP contribution in [0.15, 0.2) is 0 Å². The van der Waals surface area contributed by atoms with E-state index in [1.807, 2.05) is 11.3 Å². The fourth-order valence-corrected chi connectivity index (χ4v) is 5.06. The summed E-state index contributed by atoms with van der Waals surface area (Å²) in [4.78, 5) is 6.53. The summed E-state index contributed by atoms with van der Waals surface area (Å²) in [5.41, 5.74) is 1.39. The molecule has 1 atom stereocenters. The van der Waals surface area contributed by atoms with E-state index in [-0.39, 0.29) is 0 Å². The summed E-state index contributed by atoms with van der Waals surface area (Å²) < 4.78 is 5.21. The third kappa shape index (κ3) is 3.66. The minimum atomic E-state index is 0.447. The van der Waals surface area contributed by atoms with Crippen LogP contribution in [-0.2, 0) is 17.6 Å². The molecule has 3 rings (SSSR count). The Balaban J connectivity index is 1.71. The third-order valence-corrected chi connectivity index (χ3v) is 6.32. The molecule has 118 valence electrons. The van der Waals surface area contributed by atoms with Gasteiger partial charge in [0.05, 0.1) is 18.3 Å². The van der Waals surface area contributed by atoms with Crippen LogP contribution in [0.1, 0.15) is 60.6 Å². The maximum Gasteiger partial charge on any atom is 0.110 e. The van der Waals surface area contributed by atoms with Crippen LogP contribution in [0.25, 0.3) is 0 Å². The maximum absolute atomic E-state index is 5.21. The smallest absolute Gasteiger partial charge is 0.110 e. The number of aromatic nitrogens is 1. The first kappa shape index (κ1) is 15.4. The van der Waals surface area contributed by atoms with Gasteiger partial charge >= 0.3 is 0 Å². The summed E-state index contributed by atoms with van der Waals surface area (Å²) in [5.74, 6) is 1.66. The van der Waals surface area contributed by atoms with Crippen LogP contribution in [0.4, 0.5) is 0 Å². The molecule has 0 saturated heterocycles. The van der Waals surface area contributed by atoms with Crippen molar-refractivity contribution in [1.29, 1.82) is 0 Å². The second kappa shape index (κ2) is 7.21. The van der Waals surface area contributed by atoms with Gasteiger partial charge in [-0.05, 0) is 43.9 Å². The van der Waals surface area contributed by atoms with Gasteiger partial charge in [0.15, 0.2) is 0 Å². The Bertz CT molecular complexity index is 430. The normalized spacial score (nSPS) is 26.8. The van der Waals surface area contributed by atoms with Crippen LogP contribution in [0.2, 0.25) is 0 Å². The highest BCUT2D eigenvalue weighted by atomic mass is 32.1. The van der Waals surface area contributed by atoms with Crippen molar-refractivity contribution in [3.8, 4) is 0 Å². The van der Waals surface area contributed by atoms with Crippen molar-refractivity contribution in [1.82, 2.24) is 10.3 Å². The number of ether oxygens (including phenoxy) is 1. The Morgan fingerprint density at radius 3 is 2.81 bits per heavy atom. The second-order valence-electron chi connectivity index (χ2n) is 6.72. The lowest BCUT2D eigenvalue weighted by Crippen LogP contribution is -2.32. The van der Waals surface area contributed by atoms with Crippen LogP contribution in [0.5, 0.6) is 0 Å². The monoisotopic (exact) mass is 308 g/mol. The largest absolute Gasteiger partial charge is 0.383 e. The van der Waals surface area contributed by atoms with Crippen molar-refractivity contribution >= 4 is 11.3 Å². The predicted molar refractivity (Wildman–Crippen MR) is 87.9 cm³/mol. The van der Waals surface area contributed by atoms with Gasteiger partial charge in [0.25, 0.3) is 0 Å². The quantitative estimate of drug-likeness (QED) is 0.813. The van der Waals surface area contributed by atoms with Crippen LogP contribution in [0, 0.1) is 11.8 Å². The molecule has 0 aliphatic heterocycles. The van der Waals surface area contributed by atoms with Gasteiger partial charge in [0, 0.05) is 18.5 Å². The van der Waals surface area contributed by atoms with E-state index in [0.29, 0.717) is 6.04 Å². The highest BCUT2D eigenvalue weighted by Gasteiger charge is 2.30. The summed E-state index contributed by atoms with van der Waals surface area (Å²) in [6, 6.07) is 0.447. The van der Waals surface area contributed by atoms with E-state index < -0.39 is 0 Å². The molecule has 1 aromatic rings. The molecule has 2 aliphatic carbocycles. The lowest BCUT2D eigenvalue weighted by molar-refractivity contribution is 0.179. The first-order chi connectivity index (χ1) is 10.3. The van der Waals surface area contributed by atoms with Gasteiger partial charge in [-0.2, -0.15) is 0 Å². The van der Waals surface area contributed by atoms with Crippen LogP contribution in [0.3, 0.4) is 0 Å². The first-order valence-electron chi connectivity index (χ1n) is 8.48. The van der Waals surface area contributed by atoms with E-state index in [2.05, 4.69) is 12.2 Å². The molecule has 0 radical (unpaired) electrons. The number of thiazole rings is 1. The van der Waals surface area contributed by atoms with Crippen molar-refractivity contribution in [2.75, 3.05) is 20.3 Å². The summed E-state index contributed by atoms with van der Waals surface area (Å²) in [6.45, 7) is 4.10. The zero-order chi connectivity index (χ0) is 14.7. The lowest BCUT2D eigenvalue weighted by Gasteiger charge is -2.32. The molecule has 4 heteroatoms. The highest BCUT2D eigenvalue weighted by molar-refractivity contribution is 7.11. The molecule has 1 unspecified atom stereocenters. The fourth-order valence-electron chi connectivity index (χ4n) is 3.73. The van der Waals surface area contributed by atoms with Gasteiger partial charge in [-0.1, -0.05) is 19.8 Å². The number of fused-ring (bicyclic) bond motifs is 1. The van der Waals surface area contributed by atoms with Crippen LogP contribution in [-0.4, -0.2) is 25.2 Å². The lowest BCUT2D eigenvalue weighted by atomic mass is 9.79. The minimum Gasteiger partial charge on any atom is -0.383 e. The van der Waals surface area contributed by atoms with E-state index in [1.165, 1.54) is 55.6 Å². The third-order valence-electron chi connectivity index (χ3n) is 5.08. The average Bonchev–Trinajstić information content (AvgIpc) is 3.06. The molecule has 1 saturated carbocycles. The molecule has 0 spiro atoms. The first-order valence-corrected chi connectivity index (χ1v) is 9.30. The van der Waals surface area contributed by atoms with Crippen molar-refractivity contribution in [2.45, 2.75) is 57.9 Å². The maximum atomic E-state index is 5.21. The van der Waals surface area contributed by atoms with Gasteiger partial charge < -0.3 is 10.1 Å². The molecule has 0 bridgehead atoms. The van der Waals surface area contributed by atoms with Crippen molar-refractivity contribution in [2.24, 2.45) is 11.8 Å². The van der Waals surface area contributed by atoms with E-state index >= 15 is 0 Å². The average molecular weight is 308 g/mol.